The highest BCUT2D eigenvalue weighted by Gasteiger charge is 2.56. The minimum atomic E-state index is -0.554. The summed E-state index contributed by atoms with van der Waals surface area (Å²) in [6, 6.07) is 0. The molecule has 0 radical (unpaired) electrons. The van der Waals surface area contributed by atoms with E-state index in [1.807, 2.05) is 13.8 Å². The van der Waals surface area contributed by atoms with Gasteiger partial charge in [-0.05, 0) is 108 Å². The van der Waals surface area contributed by atoms with Crippen molar-refractivity contribution in [2.24, 2.45) is 16.7 Å². The Balaban J connectivity index is 1.47. The van der Waals surface area contributed by atoms with E-state index in [-0.39, 0.29) is 0 Å². The van der Waals surface area contributed by atoms with Crippen LogP contribution >= 0.6 is 0 Å². The number of rotatable bonds is 6. The summed E-state index contributed by atoms with van der Waals surface area (Å²) in [5.41, 5.74) is 4.65. The average Bonchev–Trinajstić information content (AvgIpc) is 3.31. The third kappa shape index (κ3) is 4.64. The van der Waals surface area contributed by atoms with Gasteiger partial charge < -0.3 is 15.3 Å². The molecule has 0 aliphatic heterocycles. The van der Waals surface area contributed by atoms with Crippen LogP contribution in [-0.4, -0.2) is 33.1 Å². The third-order valence-electron chi connectivity index (χ3n) is 8.49. The molecule has 168 valence electrons. The molecule has 3 nitrogen and oxygen atoms in total. The standard InChI is InChI=1S/C27H42O3/c1-25(2,30)11-5-13-27(14-15-27)24-10-9-23-20(6-4-12-26(23,24)3)8-7-19-16-21(28)18-22(29)17-19/h7-8,10,21-23,28-30H,4-6,9,11-18H2,1-3H3/b20-8+/t21-,22-,23+,26+/m1/s1. The molecule has 30 heavy (non-hydrogen) atoms. The molecule has 0 aromatic heterocycles. The van der Waals surface area contributed by atoms with Gasteiger partial charge in [0.1, 0.15) is 0 Å². The Labute approximate surface area is 183 Å². The molecule has 4 aliphatic rings. The van der Waals surface area contributed by atoms with Gasteiger partial charge in [0.2, 0.25) is 0 Å². The number of aliphatic hydroxyl groups is 3. The summed E-state index contributed by atoms with van der Waals surface area (Å²) >= 11 is 0. The molecule has 4 aliphatic carbocycles. The molecular formula is C27H42O3. The molecule has 0 aromatic rings. The van der Waals surface area contributed by atoms with Crippen LogP contribution in [0.2, 0.25) is 0 Å². The summed E-state index contributed by atoms with van der Waals surface area (Å²) in [6.07, 6.45) is 19.0. The largest absolute Gasteiger partial charge is 0.393 e. The summed E-state index contributed by atoms with van der Waals surface area (Å²) in [5, 5.41) is 30.1. The minimum Gasteiger partial charge on any atom is -0.393 e. The van der Waals surface area contributed by atoms with Crippen LogP contribution in [0.4, 0.5) is 0 Å². The molecule has 3 fully saturated rings. The van der Waals surface area contributed by atoms with Gasteiger partial charge in [0, 0.05) is 0 Å². The molecule has 4 atom stereocenters. The Bertz CT molecular complexity index is 722. The quantitative estimate of drug-likeness (QED) is 0.496. The minimum absolute atomic E-state index is 0.291. The van der Waals surface area contributed by atoms with Crippen LogP contribution in [0.25, 0.3) is 0 Å². The Morgan fingerprint density at radius 2 is 1.80 bits per heavy atom. The first kappa shape index (κ1) is 22.3. The highest BCUT2D eigenvalue weighted by Crippen LogP contribution is 2.67. The smallest absolute Gasteiger partial charge is 0.0602 e. The van der Waals surface area contributed by atoms with E-state index in [0.717, 1.165) is 12.8 Å². The number of hydrogen-bond donors (Lipinski definition) is 3. The van der Waals surface area contributed by atoms with Crippen molar-refractivity contribution >= 4 is 0 Å². The first-order valence-corrected chi connectivity index (χ1v) is 12.3. The van der Waals surface area contributed by atoms with E-state index in [4.69, 9.17) is 0 Å². The van der Waals surface area contributed by atoms with Gasteiger partial charge in [-0.15, -0.1) is 0 Å². The lowest BCUT2D eigenvalue weighted by Gasteiger charge is -2.43. The van der Waals surface area contributed by atoms with E-state index < -0.39 is 17.8 Å². The summed E-state index contributed by atoms with van der Waals surface area (Å²) in [6.45, 7) is 6.37. The fourth-order valence-electron chi connectivity index (χ4n) is 6.84. The SMILES string of the molecule is CC(C)(O)CCCC1(C2=CC[C@H]3/C(=C/C=C4C[C@@H](O)C[C@H](O)C4)CCC[C@]23C)CC1. The normalized spacial score (nSPS) is 37.1. The second kappa shape index (κ2) is 8.22. The van der Waals surface area contributed by atoms with Crippen molar-refractivity contribution in [1.29, 1.82) is 0 Å². The number of allylic oxidation sites excluding steroid dienone is 5. The van der Waals surface area contributed by atoms with E-state index in [1.165, 1.54) is 50.5 Å². The maximum atomic E-state index is 10.1. The van der Waals surface area contributed by atoms with Crippen molar-refractivity contribution in [3.63, 3.8) is 0 Å². The molecule has 0 amide bonds. The van der Waals surface area contributed by atoms with E-state index in [1.54, 1.807) is 11.1 Å². The second-order valence-corrected chi connectivity index (χ2v) is 11.6. The number of aliphatic hydroxyl groups excluding tert-OH is 2. The molecular weight excluding hydrogens is 372 g/mol. The Hall–Kier alpha value is -0.900. The predicted molar refractivity (Wildman–Crippen MR) is 122 cm³/mol. The summed E-state index contributed by atoms with van der Waals surface area (Å²) in [5.74, 6) is 0.614. The molecule has 0 heterocycles. The summed E-state index contributed by atoms with van der Waals surface area (Å²) in [4.78, 5) is 0. The van der Waals surface area contributed by atoms with Crippen LogP contribution in [0.3, 0.4) is 0 Å². The van der Waals surface area contributed by atoms with Crippen LogP contribution in [0.1, 0.15) is 97.8 Å². The molecule has 3 saturated carbocycles. The Morgan fingerprint density at radius 3 is 2.43 bits per heavy atom. The van der Waals surface area contributed by atoms with Crippen molar-refractivity contribution in [2.75, 3.05) is 0 Å². The summed E-state index contributed by atoms with van der Waals surface area (Å²) < 4.78 is 0. The van der Waals surface area contributed by atoms with E-state index in [2.05, 4.69) is 25.2 Å². The first-order chi connectivity index (χ1) is 14.1. The maximum Gasteiger partial charge on any atom is 0.0602 e. The zero-order chi connectivity index (χ0) is 21.6. The average molecular weight is 415 g/mol. The van der Waals surface area contributed by atoms with Gasteiger partial charge in [0.15, 0.2) is 0 Å². The van der Waals surface area contributed by atoms with Crippen LogP contribution in [0, 0.1) is 16.7 Å². The van der Waals surface area contributed by atoms with Crippen molar-refractivity contribution in [3.05, 3.63) is 34.9 Å². The van der Waals surface area contributed by atoms with Gasteiger partial charge in [-0.3, -0.25) is 0 Å². The molecule has 0 unspecified atom stereocenters. The maximum absolute atomic E-state index is 10.1. The Morgan fingerprint density at radius 1 is 1.10 bits per heavy atom. The van der Waals surface area contributed by atoms with E-state index in [9.17, 15) is 15.3 Å². The van der Waals surface area contributed by atoms with Gasteiger partial charge in [0.25, 0.3) is 0 Å². The molecule has 0 spiro atoms. The van der Waals surface area contributed by atoms with Crippen molar-refractivity contribution in [2.45, 2.75) is 116 Å². The number of hydrogen-bond acceptors (Lipinski definition) is 3. The molecule has 3 N–H and O–H groups in total. The van der Waals surface area contributed by atoms with Crippen molar-refractivity contribution < 1.29 is 15.3 Å². The van der Waals surface area contributed by atoms with Gasteiger partial charge >= 0.3 is 0 Å². The van der Waals surface area contributed by atoms with Crippen LogP contribution < -0.4 is 0 Å². The van der Waals surface area contributed by atoms with Crippen molar-refractivity contribution in [3.8, 4) is 0 Å². The van der Waals surface area contributed by atoms with E-state index in [0.29, 0.717) is 36.0 Å². The monoisotopic (exact) mass is 414 g/mol. The molecule has 4 rings (SSSR count). The highest BCUT2D eigenvalue weighted by atomic mass is 16.3. The zero-order valence-electron chi connectivity index (χ0n) is 19.3. The van der Waals surface area contributed by atoms with Crippen LogP contribution in [0.15, 0.2) is 34.9 Å². The summed E-state index contributed by atoms with van der Waals surface area (Å²) in [7, 11) is 0. The topological polar surface area (TPSA) is 60.7 Å². The van der Waals surface area contributed by atoms with Crippen molar-refractivity contribution in [1.82, 2.24) is 0 Å². The second-order valence-electron chi connectivity index (χ2n) is 11.6. The van der Waals surface area contributed by atoms with Crippen LogP contribution in [-0.2, 0) is 0 Å². The first-order valence-electron chi connectivity index (χ1n) is 12.3. The van der Waals surface area contributed by atoms with E-state index >= 15 is 0 Å². The number of fused-ring (bicyclic) bond motifs is 1. The fourth-order valence-corrected chi connectivity index (χ4v) is 6.84. The lowest BCUT2D eigenvalue weighted by Crippen LogP contribution is -2.33. The molecule has 0 saturated heterocycles. The highest BCUT2D eigenvalue weighted by molar-refractivity contribution is 5.39. The Kier molecular flexibility index (Phi) is 6.11. The lowest BCUT2D eigenvalue weighted by atomic mass is 9.61. The third-order valence-corrected chi connectivity index (χ3v) is 8.49. The lowest BCUT2D eigenvalue weighted by molar-refractivity contribution is 0.0608. The fraction of sp³-hybridized carbons (Fsp3) is 0.778. The molecule has 0 aromatic carbocycles. The predicted octanol–water partition coefficient (Wildman–Crippen LogP) is 5.60. The van der Waals surface area contributed by atoms with Gasteiger partial charge in [-0.25, -0.2) is 0 Å². The molecule has 0 bridgehead atoms. The van der Waals surface area contributed by atoms with Gasteiger partial charge in [-0.2, -0.15) is 0 Å². The molecule has 3 heteroatoms. The van der Waals surface area contributed by atoms with Crippen LogP contribution in [0.5, 0.6) is 0 Å². The van der Waals surface area contributed by atoms with Gasteiger partial charge in [0.05, 0.1) is 17.8 Å². The zero-order valence-corrected chi connectivity index (χ0v) is 19.3. The van der Waals surface area contributed by atoms with Gasteiger partial charge in [-0.1, -0.05) is 41.9 Å².